The summed E-state index contributed by atoms with van der Waals surface area (Å²) in [6.07, 6.45) is 5.16. The van der Waals surface area contributed by atoms with Gasteiger partial charge in [-0.15, -0.1) is 0 Å². The molecule has 5 nitrogen and oxygen atoms in total. The molecule has 6 heteroatoms. The number of sulfonamides is 1. The largest absolute Gasteiger partial charge is 0.378 e. The van der Waals surface area contributed by atoms with E-state index >= 15 is 0 Å². The Morgan fingerprint density at radius 1 is 1.22 bits per heavy atom. The fourth-order valence-electron chi connectivity index (χ4n) is 2.99. The van der Waals surface area contributed by atoms with Crippen molar-refractivity contribution in [3.8, 4) is 0 Å². The van der Waals surface area contributed by atoms with E-state index in [4.69, 9.17) is 0 Å². The van der Waals surface area contributed by atoms with Gasteiger partial charge in [0.1, 0.15) is 0 Å². The van der Waals surface area contributed by atoms with E-state index in [0.29, 0.717) is 11.4 Å². The van der Waals surface area contributed by atoms with Crippen molar-refractivity contribution in [1.29, 1.82) is 0 Å². The Kier molecular flexibility index (Phi) is 4.37. The minimum absolute atomic E-state index is 0.128. The SMILES string of the molecule is CN(C)c1cccc(S(=O)(=O)N2CCCC2c2cccnc2)c1. The maximum absolute atomic E-state index is 13.1. The van der Waals surface area contributed by atoms with Crippen LogP contribution in [0.3, 0.4) is 0 Å². The summed E-state index contributed by atoms with van der Waals surface area (Å²) in [6, 6.07) is 10.8. The summed E-state index contributed by atoms with van der Waals surface area (Å²) in [4.78, 5) is 6.38. The summed E-state index contributed by atoms with van der Waals surface area (Å²) >= 11 is 0. The number of nitrogens with zero attached hydrogens (tertiary/aromatic N) is 3. The van der Waals surface area contributed by atoms with Gasteiger partial charge in [-0.05, 0) is 42.7 Å². The number of pyridine rings is 1. The average molecular weight is 331 g/mol. The van der Waals surface area contributed by atoms with Crippen LogP contribution in [0.5, 0.6) is 0 Å². The third-order valence-electron chi connectivity index (χ3n) is 4.21. The van der Waals surface area contributed by atoms with Gasteiger partial charge in [0.15, 0.2) is 0 Å². The van der Waals surface area contributed by atoms with Crippen molar-refractivity contribution in [2.75, 3.05) is 25.5 Å². The van der Waals surface area contributed by atoms with Crippen LogP contribution in [0, 0.1) is 0 Å². The van der Waals surface area contributed by atoms with E-state index in [-0.39, 0.29) is 6.04 Å². The molecule has 1 aromatic carbocycles. The highest BCUT2D eigenvalue weighted by Crippen LogP contribution is 2.36. The van der Waals surface area contributed by atoms with Crippen LogP contribution in [0.2, 0.25) is 0 Å². The van der Waals surface area contributed by atoms with E-state index in [2.05, 4.69) is 4.98 Å². The molecule has 1 atom stereocenters. The van der Waals surface area contributed by atoms with Gasteiger partial charge in [-0.25, -0.2) is 8.42 Å². The third-order valence-corrected chi connectivity index (χ3v) is 6.12. The highest BCUT2D eigenvalue weighted by molar-refractivity contribution is 7.89. The van der Waals surface area contributed by atoms with E-state index in [9.17, 15) is 8.42 Å². The van der Waals surface area contributed by atoms with Crippen LogP contribution < -0.4 is 4.90 Å². The number of aromatic nitrogens is 1. The number of rotatable bonds is 4. The van der Waals surface area contributed by atoms with E-state index in [0.717, 1.165) is 24.1 Å². The van der Waals surface area contributed by atoms with Gasteiger partial charge < -0.3 is 4.90 Å². The third kappa shape index (κ3) is 3.09. The molecule has 1 aromatic heterocycles. The second kappa shape index (κ2) is 6.29. The normalized spacial score (nSPS) is 19.0. The minimum atomic E-state index is -3.51. The Bertz CT molecular complexity index is 775. The highest BCUT2D eigenvalue weighted by Gasteiger charge is 2.36. The molecule has 1 aliphatic heterocycles. The van der Waals surface area contributed by atoms with Crippen molar-refractivity contribution in [3.05, 3.63) is 54.4 Å². The van der Waals surface area contributed by atoms with Crippen LogP contribution in [0.4, 0.5) is 5.69 Å². The molecule has 0 amide bonds. The molecule has 0 radical (unpaired) electrons. The van der Waals surface area contributed by atoms with Gasteiger partial charge in [0.05, 0.1) is 10.9 Å². The van der Waals surface area contributed by atoms with Gasteiger partial charge in [-0.3, -0.25) is 4.98 Å². The first kappa shape index (κ1) is 16.0. The summed E-state index contributed by atoms with van der Waals surface area (Å²) in [5.41, 5.74) is 1.83. The minimum Gasteiger partial charge on any atom is -0.378 e. The topological polar surface area (TPSA) is 53.5 Å². The number of hydrogen-bond acceptors (Lipinski definition) is 4. The lowest BCUT2D eigenvalue weighted by molar-refractivity contribution is 0.396. The lowest BCUT2D eigenvalue weighted by Crippen LogP contribution is -2.30. The molecule has 0 bridgehead atoms. The molecule has 1 fully saturated rings. The first-order valence-electron chi connectivity index (χ1n) is 7.69. The van der Waals surface area contributed by atoms with Crippen molar-refractivity contribution in [1.82, 2.24) is 9.29 Å². The standard InChI is InChI=1S/C17H21N3O2S/c1-19(2)15-7-3-8-16(12-15)23(21,22)20-11-5-9-17(20)14-6-4-10-18-13-14/h3-4,6-8,10,12-13,17H,5,9,11H2,1-2H3. The molecular weight excluding hydrogens is 310 g/mol. The van der Waals surface area contributed by atoms with E-state index in [1.807, 2.05) is 37.2 Å². The molecule has 23 heavy (non-hydrogen) atoms. The Balaban J connectivity index is 1.97. The number of anilines is 1. The van der Waals surface area contributed by atoms with Crippen LogP contribution in [0.25, 0.3) is 0 Å². The highest BCUT2D eigenvalue weighted by atomic mass is 32.2. The van der Waals surface area contributed by atoms with Crippen molar-refractivity contribution in [2.45, 2.75) is 23.8 Å². The van der Waals surface area contributed by atoms with E-state index < -0.39 is 10.0 Å². The van der Waals surface area contributed by atoms with Crippen molar-refractivity contribution in [2.24, 2.45) is 0 Å². The molecule has 1 unspecified atom stereocenters. The van der Waals surface area contributed by atoms with Crippen LogP contribution >= 0.6 is 0 Å². The molecule has 0 N–H and O–H groups in total. The van der Waals surface area contributed by atoms with Crippen LogP contribution in [-0.2, 0) is 10.0 Å². The fourth-order valence-corrected chi connectivity index (χ4v) is 4.71. The van der Waals surface area contributed by atoms with Crippen molar-refractivity contribution < 1.29 is 8.42 Å². The molecule has 0 aliphatic carbocycles. The maximum Gasteiger partial charge on any atom is 0.243 e. The van der Waals surface area contributed by atoms with Gasteiger partial charge in [0, 0.05) is 38.7 Å². The summed E-state index contributed by atoms with van der Waals surface area (Å²) in [5, 5.41) is 0. The summed E-state index contributed by atoms with van der Waals surface area (Å²) in [5.74, 6) is 0. The zero-order chi connectivity index (χ0) is 16.4. The van der Waals surface area contributed by atoms with Crippen LogP contribution in [-0.4, -0.2) is 38.3 Å². The quantitative estimate of drug-likeness (QED) is 0.864. The van der Waals surface area contributed by atoms with E-state index in [1.54, 1.807) is 34.9 Å². The molecular formula is C17H21N3O2S. The molecule has 0 saturated carbocycles. The molecule has 122 valence electrons. The smallest absolute Gasteiger partial charge is 0.243 e. The summed E-state index contributed by atoms with van der Waals surface area (Å²) in [6.45, 7) is 0.550. The molecule has 1 aliphatic rings. The molecule has 3 rings (SSSR count). The second-order valence-corrected chi connectivity index (χ2v) is 7.84. The van der Waals surface area contributed by atoms with Gasteiger partial charge in [0.25, 0.3) is 0 Å². The predicted octanol–water partition coefficient (Wildman–Crippen LogP) is 2.67. The summed E-state index contributed by atoms with van der Waals surface area (Å²) < 4.78 is 27.8. The Morgan fingerprint density at radius 3 is 2.74 bits per heavy atom. The fraction of sp³-hybridized carbons (Fsp3) is 0.353. The van der Waals surface area contributed by atoms with Gasteiger partial charge >= 0.3 is 0 Å². The van der Waals surface area contributed by atoms with Gasteiger partial charge in [-0.1, -0.05) is 12.1 Å². The van der Waals surface area contributed by atoms with Gasteiger partial charge in [0.2, 0.25) is 10.0 Å². The van der Waals surface area contributed by atoms with Crippen LogP contribution in [0.1, 0.15) is 24.4 Å². The Labute approximate surface area is 137 Å². The van der Waals surface area contributed by atoms with Crippen molar-refractivity contribution in [3.63, 3.8) is 0 Å². The monoisotopic (exact) mass is 331 g/mol. The van der Waals surface area contributed by atoms with Crippen LogP contribution in [0.15, 0.2) is 53.7 Å². The first-order chi connectivity index (χ1) is 11.0. The predicted molar refractivity (Wildman–Crippen MR) is 90.9 cm³/mol. The van der Waals surface area contributed by atoms with E-state index in [1.165, 1.54) is 0 Å². The zero-order valence-electron chi connectivity index (χ0n) is 13.4. The van der Waals surface area contributed by atoms with Gasteiger partial charge in [-0.2, -0.15) is 4.31 Å². The number of hydrogen-bond donors (Lipinski definition) is 0. The molecule has 1 saturated heterocycles. The average Bonchev–Trinajstić information content (AvgIpc) is 3.06. The Hall–Kier alpha value is -1.92. The second-order valence-electron chi connectivity index (χ2n) is 5.95. The first-order valence-corrected chi connectivity index (χ1v) is 9.13. The van der Waals surface area contributed by atoms with Crippen molar-refractivity contribution >= 4 is 15.7 Å². The summed E-state index contributed by atoms with van der Waals surface area (Å²) in [7, 11) is 0.292. The molecule has 0 spiro atoms. The molecule has 2 heterocycles. The lowest BCUT2D eigenvalue weighted by Gasteiger charge is -2.25. The maximum atomic E-state index is 13.1. The number of benzene rings is 1. The Morgan fingerprint density at radius 2 is 2.04 bits per heavy atom. The lowest BCUT2D eigenvalue weighted by atomic mass is 10.1. The zero-order valence-corrected chi connectivity index (χ0v) is 14.2. The molecule has 2 aromatic rings.